The van der Waals surface area contributed by atoms with E-state index in [1.54, 1.807) is 6.92 Å². The highest BCUT2D eigenvalue weighted by Gasteiger charge is 2.74. The summed E-state index contributed by atoms with van der Waals surface area (Å²) < 4.78 is 108. The summed E-state index contributed by atoms with van der Waals surface area (Å²) in [5.41, 5.74) is -7.89. The number of aliphatic hydroxyl groups is 19. The first-order valence-electron chi connectivity index (χ1n) is 43.3. The molecule has 125 heavy (non-hydrogen) atoms. The Balaban J connectivity index is 0.851. The predicted octanol–water partition coefficient (Wildman–Crippen LogP) is -5.11. The van der Waals surface area contributed by atoms with Gasteiger partial charge in [0.2, 0.25) is 6.29 Å². The molecule has 12 aliphatic rings. The summed E-state index contributed by atoms with van der Waals surface area (Å²) in [5, 5.41) is 216. The molecule has 0 bridgehead atoms. The number of carbonyl (C=O) groups excluding carboxylic acids is 5. The molecule has 7 aliphatic heterocycles. The van der Waals surface area contributed by atoms with Gasteiger partial charge in [-0.1, -0.05) is 53.2 Å². The Morgan fingerprint density at radius 1 is 0.504 bits per heavy atom. The highest BCUT2D eigenvalue weighted by Crippen LogP contribution is 2.76. The number of allylic oxidation sites excluding steroid dienone is 2. The van der Waals surface area contributed by atoms with Crippen LogP contribution in [0.2, 0.25) is 0 Å². The molecule has 7 heterocycles. The van der Waals surface area contributed by atoms with E-state index in [0.29, 0.717) is 25.7 Å². The first kappa shape index (κ1) is 99.8. The average Bonchev–Trinajstić information content (AvgIpc) is 1.01. The molecule has 0 spiro atoms. The van der Waals surface area contributed by atoms with Gasteiger partial charge in [0.1, 0.15) is 134 Å². The second-order valence-electron chi connectivity index (χ2n) is 38.7. The number of hydrogen-bond acceptors (Lipinski definition) is 42. The molecule has 42 nitrogen and oxygen atoms in total. The number of hydrogen-bond donors (Lipinski definition) is 19. The topological polar surface area (TPSA) is 636 Å². The minimum atomic E-state index is -2.40. The van der Waals surface area contributed by atoms with Gasteiger partial charge in [-0.05, 0) is 132 Å². The number of ether oxygens (including phenoxy) is 18. The van der Waals surface area contributed by atoms with Crippen LogP contribution in [0.4, 0.5) is 0 Å². The lowest BCUT2D eigenvalue weighted by atomic mass is 9.33. The lowest BCUT2D eigenvalue weighted by Crippen LogP contribution is -2.71. The Morgan fingerprint density at radius 2 is 1.06 bits per heavy atom. The molecule has 716 valence electrons. The van der Waals surface area contributed by atoms with Gasteiger partial charge in [0.05, 0.1) is 95.0 Å². The Hall–Kier alpha value is -4.19. The Bertz CT molecular complexity index is 3730. The van der Waals surface area contributed by atoms with Crippen molar-refractivity contribution in [2.45, 2.75) is 387 Å². The Morgan fingerprint density at radius 3 is 1.70 bits per heavy atom. The number of carbonyl (C=O) groups is 5. The van der Waals surface area contributed by atoms with Gasteiger partial charge in [-0.25, -0.2) is 0 Å². The fraction of sp³-hybridized carbons (Fsp3) is 0.916. The molecule has 11 fully saturated rings. The number of esters is 5. The largest absolute Gasteiger partial charge is 0.463 e. The molecular formula is C83H132O42. The first-order chi connectivity index (χ1) is 58.4. The molecule has 4 saturated carbocycles. The van der Waals surface area contributed by atoms with E-state index in [-0.39, 0.29) is 38.0 Å². The highest BCUT2D eigenvalue weighted by atomic mass is 16.8. The van der Waals surface area contributed by atoms with E-state index >= 15 is 4.79 Å². The van der Waals surface area contributed by atoms with Crippen molar-refractivity contribution >= 4 is 29.8 Å². The second-order valence-corrected chi connectivity index (χ2v) is 38.7. The highest BCUT2D eigenvalue weighted by molar-refractivity contribution is 5.80. The van der Waals surface area contributed by atoms with Crippen molar-refractivity contribution < 1.29 is 206 Å². The van der Waals surface area contributed by atoms with Gasteiger partial charge in [-0.3, -0.25) is 24.0 Å². The van der Waals surface area contributed by atoms with Gasteiger partial charge in [0, 0.05) is 12.3 Å². The monoisotopic (exact) mass is 1800 g/mol. The van der Waals surface area contributed by atoms with Gasteiger partial charge < -0.3 is 182 Å². The zero-order valence-corrected chi connectivity index (χ0v) is 72.5. The van der Waals surface area contributed by atoms with Crippen molar-refractivity contribution in [3.05, 3.63) is 11.6 Å². The lowest BCUT2D eigenvalue weighted by Gasteiger charge is -2.72. The molecular weight excluding hydrogens is 1670 g/mol. The van der Waals surface area contributed by atoms with Gasteiger partial charge >= 0.3 is 29.8 Å². The third kappa shape index (κ3) is 19.4. The standard InChI is InChI=1S/C83H132O42/c1-32(86)20-48(92)112-33(2)21-49(93)113-34(3)22-50(94)118-62-37(6)116-74(66(65(62)122-75-67(105)82(107,31-111-75)30-110-38(7)87)123-72-58(102)55(99)61(36(5)115-72)119-70-59(103)63(43(90)28-109-70)120-71-57(101)54(98)51(95)35(4)114-71)125-76(106)83-19-18-77(8,9)23-40(83)39-14-15-46-78(10)24-41(88)68(79(11,29-85)45(78)16-17-80(46,12)81(39,13)25-47(83)91)124-73-60(104)64(53(97)44(26-84)117-73)121-69-56(100)52(96)42(89)27-108-69/h14,32-37,40-47,51-75,84-86,88-91,95-105,107H,15-31H2,1-13H3/t32?,33?,34?,35-,36-,37+,40-,41-,42+,43+,44+,45?,46+,47+,51-,52-,53+,54+,55-,56+,57+,58+,59+,60+,61-,62-,63-,64-,65-,66+,67-,68-,69-,70-,71-,72-,73-,74-,75-,78-,79-,80+,81+,82+,83+/m0/s1. The number of fused-ring (bicyclic) bond motifs is 7. The van der Waals surface area contributed by atoms with E-state index in [0.717, 1.165) is 12.5 Å². The fourth-order valence-corrected chi connectivity index (χ4v) is 22.1. The van der Waals surface area contributed by atoms with E-state index in [1.807, 2.05) is 20.8 Å². The van der Waals surface area contributed by atoms with Crippen LogP contribution < -0.4 is 0 Å². The van der Waals surface area contributed by atoms with E-state index in [2.05, 4.69) is 19.9 Å². The molecule has 45 atom stereocenters. The predicted molar refractivity (Wildman–Crippen MR) is 413 cm³/mol. The molecule has 4 unspecified atom stereocenters. The lowest BCUT2D eigenvalue weighted by molar-refractivity contribution is -0.386. The maximum atomic E-state index is 16.6. The van der Waals surface area contributed by atoms with Crippen molar-refractivity contribution in [2.24, 2.45) is 50.2 Å². The molecule has 0 aromatic carbocycles. The molecule has 0 amide bonds. The van der Waals surface area contributed by atoms with Crippen molar-refractivity contribution in [3.8, 4) is 0 Å². The first-order valence-corrected chi connectivity index (χ1v) is 43.3. The molecule has 0 aromatic heterocycles. The summed E-state index contributed by atoms with van der Waals surface area (Å²) in [6.07, 6.45) is -59.4. The second kappa shape index (κ2) is 38.8. The molecule has 19 N–H and O–H groups in total. The zero-order chi connectivity index (χ0) is 91.9. The average molecular weight is 1800 g/mol. The van der Waals surface area contributed by atoms with Crippen molar-refractivity contribution in [2.75, 3.05) is 39.6 Å². The van der Waals surface area contributed by atoms with Crippen LogP contribution in [0.5, 0.6) is 0 Å². The van der Waals surface area contributed by atoms with Gasteiger partial charge in [0.15, 0.2) is 55.5 Å². The maximum Gasteiger partial charge on any atom is 0.317 e. The van der Waals surface area contributed by atoms with Gasteiger partial charge in [-0.2, -0.15) is 0 Å². The molecule has 42 heteroatoms. The van der Waals surface area contributed by atoms with Crippen LogP contribution in [0.15, 0.2) is 11.6 Å². The third-order valence-corrected chi connectivity index (χ3v) is 29.2. The summed E-state index contributed by atoms with van der Waals surface area (Å²) in [4.78, 5) is 68.9. The SMILES string of the molecule is CC(=O)OC[C@@]1(O)CO[C@@H](O[C@H]2[C@@H](OC(=O)CC(C)OC(=O)CC(C)OC(=O)CC(C)O)[C@@H](C)O[C@@H](OC(=O)[C@]34CCC(C)(C)C[C@H]3C3=CC[C@@H]5[C@@]6(C)C[C@H](O)[C@H](O[C@@H]7O[C@H](CO)[C@@H](O)[C@H](O[C@@H]8OC[C@@H](O)[C@H](O)[C@H]8O)[C@H]7O)[C@@](C)(CO)C6CC[C@@]5(C)[C@]3(C)C[C@H]4O)[C@@H]2O[C@@H]2O[C@@H](C)[C@H](O[C@@H]3OC[C@@H](O)[C@H](O[C@@H]4O[C@@H](C)[C@H](O)[C@@H](O)[C@H]4O)[C@H]3O)[C@@H](O)[C@H]2O)[C@@H]1O. The van der Waals surface area contributed by atoms with Crippen LogP contribution in [0.3, 0.4) is 0 Å². The van der Waals surface area contributed by atoms with Crippen LogP contribution in [-0.2, 0) is 109 Å². The Labute approximate surface area is 722 Å². The summed E-state index contributed by atoms with van der Waals surface area (Å²) in [6.45, 7) is 17.1. The van der Waals surface area contributed by atoms with E-state index in [1.165, 1.54) is 41.5 Å². The smallest absolute Gasteiger partial charge is 0.317 e. The number of aliphatic hydroxyl groups excluding tert-OH is 18. The molecule has 12 rings (SSSR count). The summed E-state index contributed by atoms with van der Waals surface area (Å²) in [5.74, 6) is -6.39. The van der Waals surface area contributed by atoms with E-state index in [4.69, 9.17) is 85.3 Å². The quantitative estimate of drug-likeness (QED) is 0.0158. The molecule has 0 aromatic rings. The minimum Gasteiger partial charge on any atom is -0.463 e. The van der Waals surface area contributed by atoms with Crippen LogP contribution in [0, 0.1) is 50.2 Å². The maximum absolute atomic E-state index is 16.6. The van der Waals surface area contributed by atoms with E-state index in [9.17, 15) is 116 Å². The van der Waals surface area contributed by atoms with Crippen LogP contribution in [0.1, 0.15) is 161 Å². The third-order valence-electron chi connectivity index (χ3n) is 29.2. The summed E-state index contributed by atoms with van der Waals surface area (Å²) >= 11 is 0. The Kier molecular flexibility index (Phi) is 31.0. The van der Waals surface area contributed by atoms with Crippen LogP contribution in [0.25, 0.3) is 0 Å². The van der Waals surface area contributed by atoms with Crippen molar-refractivity contribution in [1.82, 2.24) is 0 Å². The fourth-order valence-electron chi connectivity index (χ4n) is 22.1. The molecule has 7 saturated heterocycles. The van der Waals surface area contributed by atoms with Crippen LogP contribution in [-0.4, -0.2) is 393 Å². The van der Waals surface area contributed by atoms with Crippen LogP contribution >= 0.6 is 0 Å². The minimum absolute atomic E-state index is 0.00925. The molecule has 5 aliphatic carbocycles. The van der Waals surface area contributed by atoms with Gasteiger partial charge in [-0.15, -0.1) is 0 Å². The normalized spacial score (nSPS) is 49.3. The zero-order valence-electron chi connectivity index (χ0n) is 72.5. The van der Waals surface area contributed by atoms with Crippen molar-refractivity contribution in [3.63, 3.8) is 0 Å². The molecule has 0 radical (unpaired) electrons. The summed E-state index contributed by atoms with van der Waals surface area (Å²) in [6, 6.07) is 0. The van der Waals surface area contributed by atoms with E-state index < -0.39 is 353 Å². The number of rotatable bonds is 27. The summed E-state index contributed by atoms with van der Waals surface area (Å²) in [7, 11) is 0. The van der Waals surface area contributed by atoms with Crippen molar-refractivity contribution in [1.29, 1.82) is 0 Å². The van der Waals surface area contributed by atoms with Gasteiger partial charge in [0.25, 0.3) is 0 Å².